The number of ether oxygens (including phenoxy) is 1. The fourth-order valence-corrected chi connectivity index (χ4v) is 2.00. The molecule has 1 atom stereocenters. The second-order valence-corrected chi connectivity index (χ2v) is 3.97. The zero-order valence-electron chi connectivity index (χ0n) is 9.36. The summed E-state index contributed by atoms with van der Waals surface area (Å²) in [7, 11) is 0. The summed E-state index contributed by atoms with van der Waals surface area (Å²) < 4.78 is 5.81. The molecule has 2 rings (SSSR count). The topological polar surface area (TPSA) is 38.5 Å². The Labute approximate surface area is 90.8 Å². The molecule has 2 N–H and O–H groups in total. The third-order valence-electron chi connectivity index (χ3n) is 2.79. The van der Waals surface area contributed by atoms with Crippen LogP contribution in [0.1, 0.15) is 19.4 Å². The van der Waals surface area contributed by atoms with Crippen molar-refractivity contribution in [2.45, 2.75) is 26.5 Å². The Morgan fingerprint density at radius 3 is 3.00 bits per heavy atom. The number of anilines is 1. The molecule has 1 aliphatic heterocycles. The number of fused-ring (bicyclic) bond motifs is 1. The third-order valence-corrected chi connectivity index (χ3v) is 2.79. The highest BCUT2D eigenvalue weighted by Crippen LogP contribution is 2.33. The molecule has 1 aromatic rings. The van der Waals surface area contributed by atoms with Gasteiger partial charge in [0.05, 0.1) is 12.2 Å². The van der Waals surface area contributed by atoms with Crippen LogP contribution in [0.2, 0.25) is 0 Å². The predicted molar refractivity (Wildman–Crippen MR) is 62.3 cm³/mol. The predicted octanol–water partition coefficient (Wildman–Crippen LogP) is 1.75. The van der Waals surface area contributed by atoms with Gasteiger partial charge in [-0.15, -0.1) is 0 Å². The van der Waals surface area contributed by atoms with Gasteiger partial charge in [0.15, 0.2) is 0 Å². The SMILES string of the molecule is CCN1CC(C)Oc2cc(CN)ccc21. The number of hydrogen-bond acceptors (Lipinski definition) is 3. The van der Waals surface area contributed by atoms with Crippen LogP contribution in [-0.2, 0) is 6.54 Å². The van der Waals surface area contributed by atoms with Crippen molar-refractivity contribution in [2.24, 2.45) is 5.73 Å². The van der Waals surface area contributed by atoms with Gasteiger partial charge in [-0.05, 0) is 31.5 Å². The van der Waals surface area contributed by atoms with Crippen molar-refractivity contribution in [2.75, 3.05) is 18.0 Å². The maximum atomic E-state index is 5.81. The van der Waals surface area contributed by atoms with Crippen LogP contribution in [0.3, 0.4) is 0 Å². The Morgan fingerprint density at radius 2 is 2.33 bits per heavy atom. The molecule has 0 radical (unpaired) electrons. The Balaban J connectivity index is 2.37. The van der Waals surface area contributed by atoms with Crippen LogP contribution in [0.25, 0.3) is 0 Å². The van der Waals surface area contributed by atoms with Crippen molar-refractivity contribution in [3.8, 4) is 5.75 Å². The van der Waals surface area contributed by atoms with Gasteiger partial charge in [-0.3, -0.25) is 0 Å². The summed E-state index contributed by atoms with van der Waals surface area (Å²) >= 11 is 0. The Hall–Kier alpha value is -1.22. The Bertz CT molecular complexity index is 351. The second kappa shape index (κ2) is 4.11. The molecule has 1 heterocycles. The molecule has 15 heavy (non-hydrogen) atoms. The average molecular weight is 206 g/mol. The molecule has 0 spiro atoms. The minimum atomic E-state index is 0.255. The fourth-order valence-electron chi connectivity index (χ4n) is 2.00. The highest BCUT2D eigenvalue weighted by molar-refractivity contribution is 5.61. The summed E-state index contributed by atoms with van der Waals surface area (Å²) in [5.41, 5.74) is 7.93. The van der Waals surface area contributed by atoms with E-state index in [1.807, 2.05) is 6.07 Å². The first kappa shape index (κ1) is 10.3. The summed E-state index contributed by atoms with van der Waals surface area (Å²) in [6.45, 7) is 6.81. The maximum absolute atomic E-state index is 5.81. The molecule has 0 aromatic heterocycles. The number of hydrogen-bond donors (Lipinski definition) is 1. The first-order valence-electron chi connectivity index (χ1n) is 5.49. The zero-order chi connectivity index (χ0) is 10.8. The molecule has 0 saturated carbocycles. The monoisotopic (exact) mass is 206 g/mol. The van der Waals surface area contributed by atoms with Crippen molar-refractivity contribution in [1.82, 2.24) is 0 Å². The van der Waals surface area contributed by atoms with Crippen molar-refractivity contribution in [3.63, 3.8) is 0 Å². The van der Waals surface area contributed by atoms with Gasteiger partial charge in [0.1, 0.15) is 11.9 Å². The van der Waals surface area contributed by atoms with Crippen LogP contribution in [0.15, 0.2) is 18.2 Å². The van der Waals surface area contributed by atoms with Crippen molar-refractivity contribution in [3.05, 3.63) is 23.8 Å². The lowest BCUT2D eigenvalue weighted by atomic mass is 10.1. The van der Waals surface area contributed by atoms with E-state index in [1.54, 1.807) is 0 Å². The molecule has 0 amide bonds. The lowest BCUT2D eigenvalue weighted by molar-refractivity contribution is 0.213. The van der Waals surface area contributed by atoms with E-state index in [9.17, 15) is 0 Å². The van der Waals surface area contributed by atoms with E-state index in [2.05, 4.69) is 30.9 Å². The van der Waals surface area contributed by atoms with E-state index in [-0.39, 0.29) is 6.10 Å². The average Bonchev–Trinajstić information content (AvgIpc) is 2.26. The Morgan fingerprint density at radius 1 is 1.53 bits per heavy atom. The molecule has 0 saturated heterocycles. The highest BCUT2D eigenvalue weighted by Gasteiger charge is 2.21. The van der Waals surface area contributed by atoms with Crippen LogP contribution >= 0.6 is 0 Å². The maximum Gasteiger partial charge on any atom is 0.143 e. The van der Waals surface area contributed by atoms with Gasteiger partial charge in [-0.25, -0.2) is 0 Å². The summed E-state index contributed by atoms with van der Waals surface area (Å²) in [5, 5.41) is 0. The second-order valence-electron chi connectivity index (χ2n) is 3.97. The van der Waals surface area contributed by atoms with Crippen LogP contribution in [0, 0.1) is 0 Å². The zero-order valence-corrected chi connectivity index (χ0v) is 9.36. The molecule has 1 aliphatic rings. The lowest BCUT2D eigenvalue weighted by Gasteiger charge is -2.34. The van der Waals surface area contributed by atoms with Gasteiger partial charge < -0.3 is 15.4 Å². The number of rotatable bonds is 2. The molecule has 1 aromatic carbocycles. The summed E-state index contributed by atoms with van der Waals surface area (Å²) in [6.07, 6.45) is 0.255. The van der Waals surface area contributed by atoms with E-state index in [4.69, 9.17) is 10.5 Å². The van der Waals surface area contributed by atoms with Crippen molar-refractivity contribution >= 4 is 5.69 Å². The van der Waals surface area contributed by atoms with Gasteiger partial charge in [-0.2, -0.15) is 0 Å². The molecule has 0 bridgehead atoms. The van der Waals surface area contributed by atoms with Crippen LogP contribution in [0.5, 0.6) is 5.75 Å². The van der Waals surface area contributed by atoms with E-state index >= 15 is 0 Å². The lowest BCUT2D eigenvalue weighted by Crippen LogP contribution is -2.38. The quantitative estimate of drug-likeness (QED) is 0.801. The third kappa shape index (κ3) is 1.92. The summed E-state index contributed by atoms with van der Waals surface area (Å²) in [6, 6.07) is 6.22. The van der Waals surface area contributed by atoms with Gasteiger partial charge in [0.2, 0.25) is 0 Å². The van der Waals surface area contributed by atoms with Crippen molar-refractivity contribution < 1.29 is 4.74 Å². The van der Waals surface area contributed by atoms with Crippen LogP contribution < -0.4 is 15.4 Å². The van der Waals surface area contributed by atoms with E-state index in [0.717, 1.165) is 24.4 Å². The van der Waals surface area contributed by atoms with Gasteiger partial charge in [-0.1, -0.05) is 6.07 Å². The minimum Gasteiger partial charge on any atom is -0.487 e. The first-order valence-corrected chi connectivity index (χ1v) is 5.49. The molecular formula is C12H18N2O. The van der Waals surface area contributed by atoms with Gasteiger partial charge in [0.25, 0.3) is 0 Å². The van der Waals surface area contributed by atoms with Gasteiger partial charge in [0, 0.05) is 13.1 Å². The van der Waals surface area contributed by atoms with E-state index in [0.29, 0.717) is 6.54 Å². The summed E-state index contributed by atoms with van der Waals surface area (Å²) in [4.78, 5) is 2.34. The first-order chi connectivity index (χ1) is 7.24. The number of likely N-dealkylation sites (N-methyl/N-ethyl adjacent to an activating group) is 1. The normalized spacial score (nSPS) is 19.7. The highest BCUT2D eigenvalue weighted by atomic mass is 16.5. The van der Waals surface area contributed by atoms with Crippen molar-refractivity contribution in [1.29, 1.82) is 0 Å². The molecule has 1 unspecified atom stereocenters. The molecule has 82 valence electrons. The number of nitrogens with zero attached hydrogens (tertiary/aromatic N) is 1. The standard InChI is InChI=1S/C12H18N2O/c1-3-14-8-9(2)15-12-6-10(7-13)4-5-11(12)14/h4-6,9H,3,7-8,13H2,1-2H3. The van der Waals surface area contributed by atoms with Gasteiger partial charge >= 0.3 is 0 Å². The minimum absolute atomic E-state index is 0.255. The molecular weight excluding hydrogens is 188 g/mol. The largest absolute Gasteiger partial charge is 0.487 e. The smallest absolute Gasteiger partial charge is 0.143 e. The van der Waals surface area contributed by atoms with Crippen LogP contribution in [-0.4, -0.2) is 19.2 Å². The fraction of sp³-hybridized carbons (Fsp3) is 0.500. The number of nitrogens with two attached hydrogens (primary N) is 1. The summed E-state index contributed by atoms with van der Waals surface area (Å²) in [5.74, 6) is 0.971. The molecule has 0 fully saturated rings. The molecule has 3 nitrogen and oxygen atoms in total. The molecule has 0 aliphatic carbocycles. The van der Waals surface area contributed by atoms with E-state index in [1.165, 1.54) is 5.69 Å². The van der Waals surface area contributed by atoms with E-state index < -0.39 is 0 Å². The number of benzene rings is 1. The van der Waals surface area contributed by atoms with Crippen LogP contribution in [0.4, 0.5) is 5.69 Å². The molecule has 3 heteroatoms. The Kier molecular flexibility index (Phi) is 2.82.